The van der Waals surface area contributed by atoms with E-state index in [1.807, 2.05) is 32.8 Å². The minimum absolute atomic E-state index is 0.798. The molecule has 0 radical (unpaired) electrons. The number of hydrogen-bond donors (Lipinski definition) is 1. The van der Waals surface area contributed by atoms with Crippen LogP contribution in [0.4, 0.5) is 0 Å². The van der Waals surface area contributed by atoms with Gasteiger partial charge in [0.15, 0.2) is 0 Å². The van der Waals surface area contributed by atoms with Crippen LogP contribution in [0.5, 0.6) is 0 Å². The maximum atomic E-state index is 8.60. The number of nitrogens with zero attached hydrogens (tertiary/aromatic N) is 1. The molecule has 1 heterocycles. The van der Waals surface area contributed by atoms with Crippen molar-refractivity contribution in [1.82, 2.24) is 4.58 Å². The highest BCUT2D eigenvalue weighted by Gasteiger charge is 2.09. The van der Waals surface area contributed by atoms with Crippen molar-refractivity contribution in [3.8, 4) is 10.4 Å². The molecule has 0 saturated carbocycles. The summed E-state index contributed by atoms with van der Waals surface area (Å²) in [5.41, 5.74) is 1.26. The highest BCUT2D eigenvalue weighted by atomic mass is 35.7. The van der Waals surface area contributed by atoms with Gasteiger partial charge >= 0.3 is 0 Å². The maximum absolute atomic E-state index is 8.60. The first kappa shape index (κ1) is 23.5. The van der Waals surface area contributed by atoms with E-state index in [1.165, 1.54) is 53.9 Å². The summed E-state index contributed by atoms with van der Waals surface area (Å²) < 4.78 is 36.7. The fourth-order valence-corrected chi connectivity index (χ4v) is 4.81. The van der Waals surface area contributed by atoms with E-state index in [-0.39, 0.29) is 0 Å². The van der Waals surface area contributed by atoms with Gasteiger partial charge < -0.3 is 0 Å². The molecule has 0 aliphatic carbocycles. The summed E-state index contributed by atoms with van der Waals surface area (Å²) in [6.07, 6.45) is 5.04. The molecule has 0 amide bonds. The fourth-order valence-electron chi connectivity index (χ4n) is 2.17. The Hall–Kier alpha value is -0.510. The van der Waals surface area contributed by atoms with E-state index in [1.54, 1.807) is 0 Å². The zero-order chi connectivity index (χ0) is 19.6. The van der Waals surface area contributed by atoms with Crippen molar-refractivity contribution in [3.05, 3.63) is 40.0 Å². The van der Waals surface area contributed by atoms with E-state index in [0.717, 1.165) is 5.02 Å². The number of benzene rings is 1. The SMILES string of the molecule is CCCC[N+](CCCC)=c1cc(-c2ccc(Cl)cc2)ss1.[O-][Cl+3]([O-])([O-])O. The summed E-state index contributed by atoms with van der Waals surface area (Å²) in [6.45, 7) is 6.86. The van der Waals surface area contributed by atoms with Gasteiger partial charge in [-0.25, -0.2) is 4.58 Å². The van der Waals surface area contributed by atoms with Crippen LogP contribution in [0.2, 0.25) is 5.02 Å². The molecule has 1 aromatic carbocycles. The molecule has 0 aliphatic heterocycles. The molecule has 5 nitrogen and oxygen atoms in total. The average Bonchev–Trinajstić information content (AvgIpc) is 3.04. The summed E-state index contributed by atoms with van der Waals surface area (Å²) >= 11 is 5.97. The van der Waals surface area contributed by atoms with Crippen molar-refractivity contribution in [2.75, 3.05) is 13.1 Å². The van der Waals surface area contributed by atoms with Crippen LogP contribution in [0.1, 0.15) is 39.5 Å². The van der Waals surface area contributed by atoms with Crippen molar-refractivity contribution < 1.29 is 28.9 Å². The summed E-state index contributed by atoms with van der Waals surface area (Å²) in [6, 6.07) is 10.5. The first-order valence-electron chi connectivity index (χ1n) is 8.31. The standard InChI is InChI=1S/C17H23ClNS2.ClHO4/c1-3-5-11-19(12-6-4-2)17-13-16(20-21-17)14-7-9-15(18)10-8-14;2-1(3,4)5/h7-10,13H,3-6,11-12H2,1-2H3;(H,2,3,4,5)/q+1;. The van der Waals surface area contributed by atoms with Crippen LogP contribution in [0.25, 0.3) is 10.4 Å². The Morgan fingerprint density at radius 2 is 1.50 bits per heavy atom. The van der Waals surface area contributed by atoms with Gasteiger partial charge in [0.05, 0.1) is 19.8 Å². The van der Waals surface area contributed by atoms with E-state index >= 15 is 0 Å². The van der Waals surface area contributed by atoms with Gasteiger partial charge in [0.2, 0.25) is 0 Å². The second-order valence-corrected chi connectivity index (χ2v) is 9.03. The minimum Gasteiger partial charge on any atom is -0.220 e. The molecule has 2 aromatic rings. The summed E-state index contributed by atoms with van der Waals surface area (Å²) in [5, 5.41) is 0.798. The van der Waals surface area contributed by atoms with Crippen molar-refractivity contribution >= 4 is 32.3 Å². The average molecular weight is 441 g/mol. The van der Waals surface area contributed by atoms with Gasteiger partial charge in [-0.3, -0.25) is 0 Å². The number of rotatable bonds is 7. The molecule has 146 valence electrons. The lowest BCUT2D eigenvalue weighted by Gasteiger charge is -2.03. The molecular weight excluding hydrogens is 417 g/mol. The monoisotopic (exact) mass is 440 g/mol. The molecule has 0 aliphatic rings. The van der Waals surface area contributed by atoms with Crippen LogP contribution >= 0.6 is 32.3 Å². The van der Waals surface area contributed by atoms with Gasteiger partial charge in [0.25, 0.3) is 4.67 Å². The lowest BCUT2D eigenvalue weighted by Crippen LogP contribution is -2.58. The highest BCUT2D eigenvalue weighted by molar-refractivity contribution is 7.69. The van der Waals surface area contributed by atoms with Gasteiger partial charge in [0.1, 0.15) is 13.1 Å². The summed E-state index contributed by atoms with van der Waals surface area (Å²) in [4.78, 5) is 1.34. The van der Waals surface area contributed by atoms with Gasteiger partial charge in [0, 0.05) is 23.9 Å². The first-order valence-corrected chi connectivity index (χ1v) is 12.1. The third kappa shape index (κ3) is 9.99. The van der Waals surface area contributed by atoms with Crippen LogP contribution in [0.3, 0.4) is 0 Å². The van der Waals surface area contributed by atoms with Gasteiger partial charge in [-0.2, -0.15) is 14.0 Å². The molecule has 0 saturated heterocycles. The molecule has 0 spiro atoms. The van der Waals surface area contributed by atoms with Crippen LogP contribution in [-0.4, -0.2) is 17.7 Å². The third-order valence-electron chi connectivity index (χ3n) is 3.47. The molecule has 1 aromatic heterocycles. The van der Waals surface area contributed by atoms with Crippen LogP contribution in [-0.2, 0) is 0 Å². The number of hydrogen-bond acceptors (Lipinski definition) is 6. The summed E-state index contributed by atoms with van der Waals surface area (Å²) in [7, 11) is -0.942. The maximum Gasteiger partial charge on any atom is 0.267 e. The Morgan fingerprint density at radius 1 is 1.00 bits per heavy atom. The van der Waals surface area contributed by atoms with E-state index < -0.39 is 10.2 Å². The Bertz CT molecular complexity index is 693. The highest BCUT2D eigenvalue weighted by Crippen LogP contribution is 2.26. The fraction of sp³-hybridized carbons (Fsp3) is 0.471. The van der Waals surface area contributed by atoms with Gasteiger partial charge in [-0.05, 0) is 28.0 Å². The topological polar surface area (TPSA) is 92.4 Å². The lowest BCUT2D eigenvalue weighted by atomic mass is 10.2. The second kappa shape index (κ2) is 12.0. The minimum atomic E-state index is -4.69. The van der Waals surface area contributed by atoms with Crippen LogP contribution < -0.4 is 23.2 Å². The lowest BCUT2D eigenvalue weighted by molar-refractivity contribution is -1.92. The predicted octanol–water partition coefficient (Wildman–Crippen LogP) is 1.38. The molecular formula is C17H24Cl2NO4S2+. The van der Waals surface area contributed by atoms with E-state index in [2.05, 4.69) is 36.6 Å². The molecule has 0 atom stereocenters. The van der Waals surface area contributed by atoms with E-state index in [0.29, 0.717) is 0 Å². The molecule has 2 rings (SSSR count). The van der Waals surface area contributed by atoms with Crippen molar-refractivity contribution in [2.45, 2.75) is 39.5 Å². The number of unbranched alkanes of at least 4 members (excludes halogenated alkanes) is 2. The zero-order valence-electron chi connectivity index (χ0n) is 14.8. The zero-order valence-corrected chi connectivity index (χ0v) is 18.0. The molecule has 1 N–H and O–H groups in total. The van der Waals surface area contributed by atoms with Gasteiger partial charge in [-0.15, -0.1) is 0 Å². The second-order valence-electron chi connectivity index (χ2n) is 5.61. The Balaban J connectivity index is 0.000000597. The van der Waals surface area contributed by atoms with E-state index in [4.69, 9.17) is 30.2 Å². The molecule has 0 unspecified atom stereocenters. The van der Waals surface area contributed by atoms with Crippen LogP contribution in [0, 0.1) is 10.2 Å². The largest absolute Gasteiger partial charge is 0.267 e. The van der Waals surface area contributed by atoms with Crippen molar-refractivity contribution in [1.29, 1.82) is 0 Å². The summed E-state index contributed by atoms with van der Waals surface area (Å²) in [5.74, 6) is 0. The molecule has 26 heavy (non-hydrogen) atoms. The Morgan fingerprint density at radius 3 is 1.96 bits per heavy atom. The smallest absolute Gasteiger partial charge is 0.220 e. The molecule has 9 heteroatoms. The molecule has 0 bridgehead atoms. The predicted molar refractivity (Wildman–Crippen MR) is 99.7 cm³/mol. The van der Waals surface area contributed by atoms with Gasteiger partial charge in [-0.1, -0.05) is 60.8 Å². The van der Waals surface area contributed by atoms with Crippen molar-refractivity contribution in [2.24, 2.45) is 0 Å². The Labute approximate surface area is 168 Å². The van der Waals surface area contributed by atoms with E-state index in [9.17, 15) is 0 Å². The molecule has 0 fully saturated rings. The third-order valence-corrected chi connectivity index (χ3v) is 6.19. The Kier molecular flexibility index (Phi) is 10.9. The number of halogens is 2. The quantitative estimate of drug-likeness (QED) is 0.519. The normalized spacial score (nSPS) is 11.0. The van der Waals surface area contributed by atoms with Crippen LogP contribution in [0.15, 0.2) is 30.3 Å². The van der Waals surface area contributed by atoms with Crippen molar-refractivity contribution in [3.63, 3.8) is 0 Å². The first-order chi connectivity index (χ1) is 12.2.